The maximum absolute atomic E-state index is 11.7. The zero-order valence-corrected chi connectivity index (χ0v) is 13.8. The van der Waals surface area contributed by atoms with Crippen molar-refractivity contribution in [2.24, 2.45) is 0 Å². The van der Waals surface area contributed by atoms with Crippen LogP contribution < -0.4 is 4.89 Å². The van der Waals surface area contributed by atoms with Crippen LogP contribution in [0.4, 0.5) is 0 Å². The van der Waals surface area contributed by atoms with Crippen molar-refractivity contribution in [3.05, 3.63) is 77.9 Å². The van der Waals surface area contributed by atoms with Gasteiger partial charge in [0.25, 0.3) is 0 Å². The van der Waals surface area contributed by atoms with Crippen LogP contribution in [0.25, 0.3) is 0 Å². The molecule has 0 fully saturated rings. The molecule has 0 saturated carbocycles. The van der Waals surface area contributed by atoms with E-state index >= 15 is 0 Å². The Labute approximate surface area is 137 Å². The highest BCUT2D eigenvalue weighted by molar-refractivity contribution is 5.87. The Morgan fingerprint density at radius 1 is 1.04 bits per heavy atom. The summed E-state index contributed by atoms with van der Waals surface area (Å²) < 4.78 is 0. The van der Waals surface area contributed by atoms with Gasteiger partial charge in [-0.2, -0.15) is 0 Å². The Morgan fingerprint density at radius 2 is 1.65 bits per heavy atom. The highest BCUT2D eigenvalue weighted by atomic mass is 17.2. The predicted octanol–water partition coefficient (Wildman–Crippen LogP) is 4.82. The first kappa shape index (κ1) is 16.8. The molecule has 2 aromatic carbocycles. The smallest absolute Gasteiger partial charge is 0.286 e. The van der Waals surface area contributed by atoms with E-state index in [1.54, 1.807) is 6.07 Å². The van der Waals surface area contributed by atoms with Crippen molar-refractivity contribution in [3.8, 4) is 5.75 Å². The summed E-state index contributed by atoms with van der Waals surface area (Å²) >= 11 is 0. The van der Waals surface area contributed by atoms with Crippen molar-refractivity contribution in [2.75, 3.05) is 0 Å². The van der Waals surface area contributed by atoms with E-state index in [-0.39, 0.29) is 5.41 Å². The van der Waals surface area contributed by atoms with Gasteiger partial charge in [0.1, 0.15) is 0 Å². The molecule has 2 rings (SSSR count). The zero-order valence-electron chi connectivity index (χ0n) is 13.8. The van der Waals surface area contributed by atoms with Gasteiger partial charge in [0.2, 0.25) is 0 Å². The lowest BCUT2D eigenvalue weighted by atomic mass is 9.78. The lowest BCUT2D eigenvalue weighted by Gasteiger charge is -2.27. The van der Waals surface area contributed by atoms with Gasteiger partial charge in [-0.05, 0) is 18.1 Å². The van der Waals surface area contributed by atoms with Crippen LogP contribution in [0.2, 0.25) is 0 Å². The maximum Gasteiger partial charge on any atom is 0.381 e. The fraction of sp³-hybridized carbons (Fsp3) is 0.250. The molecule has 0 spiro atoms. The van der Waals surface area contributed by atoms with E-state index in [1.807, 2.05) is 43.3 Å². The summed E-state index contributed by atoms with van der Waals surface area (Å²) in [6, 6.07) is 17.7. The van der Waals surface area contributed by atoms with E-state index in [4.69, 9.17) is 9.78 Å². The molecule has 0 aliphatic carbocycles. The topological polar surface area (TPSA) is 35.5 Å². The summed E-state index contributed by atoms with van der Waals surface area (Å²) in [7, 11) is 0. The molecular formula is C20H22O3. The van der Waals surface area contributed by atoms with E-state index in [9.17, 15) is 4.79 Å². The molecule has 120 valence electrons. The van der Waals surface area contributed by atoms with Crippen molar-refractivity contribution >= 4 is 5.97 Å². The van der Waals surface area contributed by atoms with Gasteiger partial charge in [-0.1, -0.05) is 75.9 Å². The Hall–Kier alpha value is -2.55. The SMILES string of the molecule is C=C(CC)C(=O)OOc1ccccc1C(C)(C)c1ccccc1. The summed E-state index contributed by atoms with van der Waals surface area (Å²) in [5.41, 5.74) is 2.19. The largest absolute Gasteiger partial charge is 0.381 e. The summed E-state index contributed by atoms with van der Waals surface area (Å²) in [4.78, 5) is 22.0. The predicted molar refractivity (Wildman–Crippen MR) is 91.2 cm³/mol. The number of carbonyl (C=O) groups is 1. The molecule has 0 aromatic heterocycles. The number of rotatable bonds is 6. The quantitative estimate of drug-likeness (QED) is 0.436. The number of hydrogen-bond acceptors (Lipinski definition) is 3. The van der Waals surface area contributed by atoms with E-state index in [0.717, 1.165) is 11.1 Å². The van der Waals surface area contributed by atoms with Crippen LogP contribution in [0, 0.1) is 0 Å². The first-order valence-electron chi connectivity index (χ1n) is 7.68. The fourth-order valence-electron chi connectivity index (χ4n) is 2.35. The van der Waals surface area contributed by atoms with Gasteiger partial charge in [-0.15, -0.1) is 0 Å². The van der Waals surface area contributed by atoms with Gasteiger partial charge in [0.05, 0.1) is 0 Å². The summed E-state index contributed by atoms with van der Waals surface area (Å²) in [6.07, 6.45) is 0.527. The van der Waals surface area contributed by atoms with Crippen LogP contribution in [-0.2, 0) is 15.1 Å². The third-order valence-electron chi connectivity index (χ3n) is 3.98. The van der Waals surface area contributed by atoms with Crippen LogP contribution in [-0.4, -0.2) is 5.97 Å². The molecule has 0 aliphatic rings. The van der Waals surface area contributed by atoms with Crippen molar-refractivity contribution in [1.82, 2.24) is 0 Å². The van der Waals surface area contributed by atoms with Crippen LogP contribution >= 0.6 is 0 Å². The third-order valence-corrected chi connectivity index (χ3v) is 3.98. The molecule has 3 nitrogen and oxygen atoms in total. The fourth-order valence-corrected chi connectivity index (χ4v) is 2.35. The normalized spacial score (nSPS) is 10.9. The average molecular weight is 310 g/mol. The van der Waals surface area contributed by atoms with Crippen molar-refractivity contribution in [3.63, 3.8) is 0 Å². The number of para-hydroxylation sites is 1. The first-order valence-corrected chi connectivity index (χ1v) is 7.68. The lowest BCUT2D eigenvalue weighted by Crippen LogP contribution is -2.21. The van der Waals surface area contributed by atoms with Crippen LogP contribution in [0.15, 0.2) is 66.7 Å². The molecule has 0 N–H and O–H groups in total. The third kappa shape index (κ3) is 3.81. The molecule has 0 radical (unpaired) electrons. The standard InChI is InChI=1S/C20H22O3/c1-5-15(2)19(21)23-22-18-14-10-9-13-17(18)20(3,4)16-11-7-6-8-12-16/h6-14H,2,5H2,1,3-4H3. The van der Waals surface area contributed by atoms with E-state index in [2.05, 4.69) is 32.6 Å². The summed E-state index contributed by atoms with van der Waals surface area (Å²) in [6.45, 7) is 9.71. The van der Waals surface area contributed by atoms with Crippen LogP contribution in [0.5, 0.6) is 5.75 Å². The van der Waals surface area contributed by atoms with Crippen molar-refractivity contribution < 1.29 is 14.6 Å². The van der Waals surface area contributed by atoms with Gasteiger partial charge in [-0.25, -0.2) is 9.68 Å². The number of hydrogen-bond donors (Lipinski definition) is 0. The molecule has 0 saturated heterocycles. The Kier molecular flexibility index (Phi) is 5.22. The van der Waals surface area contributed by atoms with E-state index in [1.165, 1.54) is 0 Å². The second-order valence-electron chi connectivity index (χ2n) is 5.90. The molecule has 0 bridgehead atoms. The average Bonchev–Trinajstić information content (AvgIpc) is 2.59. The molecular weight excluding hydrogens is 288 g/mol. The molecule has 23 heavy (non-hydrogen) atoms. The van der Waals surface area contributed by atoms with Crippen molar-refractivity contribution in [1.29, 1.82) is 0 Å². The Morgan fingerprint density at radius 3 is 2.30 bits per heavy atom. The minimum absolute atomic E-state index is 0.286. The Balaban J connectivity index is 2.27. The van der Waals surface area contributed by atoms with Gasteiger partial charge in [0, 0.05) is 16.6 Å². The van der Waals surface area contributed by atoms with Crippen LogP contribution in [0.1, 0.15) is 38.3 Å². The molecule has 0 heterocycles. The molecule has 2 aromatic rings. The second kappa shape index (κ2) is 7.14. The highest BCUT2D eigenvalue weighted by Gasteiger charge is 2.27. The molecule has 0 unspecified atom stereocenters. The van der Waals surface area contributed by atoms with Crippen molar-refractivity contribution in [2.45, 2.75) is 32.6 Å². The minimum atomic E-state index is -0.542. The second-order valence-corrected chi connectivity index (χ2v) is 5.90. The summed E-state index contributed by atoms with van der Waals surface area (Å²) in [5.74, 6) is -0.0153. The maximum atomic E-state index is 11.7. The number of benzene rings is 2. The first-order chi connectivity index (χ1) is 11.0. The van der Waals surface area contributed by atoms with Crippen LogP contribution in [0.3, 0.4) is 0 Å². The number of carbonyl (C=O) groups excluding carboxylic acids is 1. The van der Waals surface area contributed by atoms with Gasteiger partial charge in [0.15, 0.2) is 5.75 Å². The van der Waals surface area contributed by atoms with Gasteiger partial charge in [-0.3, -0.25) is 4.89 Å². The Bertz CT molecular complexity index is 687. The highest BCUT2D eigenvalue weighted by Crippen LogP contribution is 2.37. The molecule has 3 heteroatoms. The van der Waals surface area contributed by atoms with E-state index < -0.39 is 5.97 Å². The molecule has 0 amide bonds. The van der Waals surface area contributed by atoms with E-state index in [0.29, 0.717) is 17.7 Å². The summed E-state index contributed by atoms with van der Waals surface area (Å²) in [5, 5.41) is 0. The van der Waals surface area contributed by atoms with Gasteiger partial charge < -0.3 is 0 Å². The molecule has 0 atom stereocenters. The minimum Gasteiger partial charge on any atom is -0.286 e. The lowest BCUT2D eigenvalue weighted by molar-refractivity contribution is -0.209. The zero-order chi connectivity index (χ0) is 16.9. The molecule has 0 aliphatic heterocycles. The monoisotopic (exact) mass is 310 g/mol. The van der Waals surface area contributed by atoms with Gasteiger partial charge >= 0.3 is 5.97 Å².